The van der Waals surface area contributed by atoms with E-state index in [-0.39, 0.29) is 10.6 Å². The lowest BCUT2D eigenvalue weighted by Gasteiger charge is -2.25. The van der Waals surface area contributed by atoms with Gasteiger partial charge in [0.15, 0.2) is 11.5 Å². The maximum Gasteiger partial charge on any atom is 0.264 e. The number of amides is 1. The lowest BCUT2D eigenvalue weighted by atomic mass is 10.2. The van der Waals surface area contributed by atoms with Crippen LogP contribution in [-0.4, -0.2) is 41.7 Å². The Hall–Kier alpha value is -3.72. The number of benzene rings is 3. The van der Waals surface area contributed by atoms with E-state index in [2.05, 4.69) is 5.32 Å². The molecular weight excluding hydrogens is 456 g/mol. The predicted molar refractivity (Wildman–Crippen MR) is 131 cm³/mol. The maximum absolute atomic E-state index is 13.6. The van der Waals surface area contributed by atoms with Gasteiger partial charge in [-0.15, -0.1) is 0 Å². The van der Waals surface area contributed by atoms with Crippen LogP contribution in [0.3, 0.4) is 0 Å². The van der Waals surface area contributed by atoms with Crippen molar-refractivity contribution in [3.05, 3.63) is 72.3 Å². The third kappa shape index (κ3) is 5.79. The number of aryl methyl sites for hydroxylation is 1. The van der Waals surface area contributed by atoms with Crippen LogP contribution in [0.4, 0.5) is 11.4 Å². The van der Waals surface area contributed by atoms with Gasteiger partial charge in [0.25, 0.3) is 10.0 Å². The highest BCUT2D eigenvalue weighted by atomic mass is 32.2. The molecule has 0 heterocycles. The molecule has 0 aliphatic carbocycles. The second-order valence-corrected chi connectivity index (χ2v) is 9.23. The van der Waals surface area contributed by atoms with Gasteiger partial charge in [-0.25, -0.2) is 8.42 Å². The van der Waals surface area contributed by atoms with Crippen LogP contribution < -0.4 is 23.8 Å². The number of sulfonamides is 1. The third-order valence-electron chi connectivity index (χ3n) is 5.00. The fourth-order valence-corrected chi connectivity index (χ4v) is 4.68. The molecule has 1 N–H and O–H groups in total. The fourth-order valence-electron chi connectivity index (χ4n) is 3.26. The molecule has 0 atom stereocenters. The molecule has 1 amide bonds. The molecule has 9 heteroatoms. The van der Waals surface area contributed by atoms with E-state index in [9.17, 15) is 13.2 Å². The number of nitrogens with one attached hydrogen (secondary N) is 1. The van der Waals surface area contributed by atoms with Crippen molar-refractivity contribution in [1.29, 1.82) is 0 Å². The van der Waals surface area contributed by atoms with E-state index in [4.69, 9.17) is 14.2 Å². The average Bonchev–Trinajstić information content (AvgIpc) is 2.83. The highest BCUT2D eigenvalue weighted by molar-refractivity contribution is 7.92. The number of carbonyl (C=O) groups is 1. The van der Waals surface area contributed by atoms with E-state index in [0.29, 0.717) is 29.5 Å². The molecule has 3 aromatic rings. The first-order valence-electron chi connectivity index (χ1n) is 10.6. The van der Waals surface area contributed by atoms with Crippen LogP contribution in [0.25, 0.3) is 0 Å². The smallest absolute Gasteiger partial charge is 0.264 e. The van der Waals surface area contributed by atoms with Crippen molar-refractivity contribution in [1.82, 2.24) is 0 Å². The molecule has 8 nitrogen and oxygen atoms in total. The van der Waals surface area contributed by atoms with Crippen LogP contribution in [0.15, 0.2) is 71.6 Å². The van der Waals surface area contributed by atoms with Crippen LogP contribution in [0, 0.1) is 6.92 Å². The summed E-state index contributed by atoms with van der Waals surface area (Å²) in [6.45, 7) is 3.83. The molecule has 0 saturated carbocycles. The number of rotatable bonds is 10. The summed E-state index contributed by atoms with van der Waals surface area (Å²) in [7, 11) is -1.11. The molecule has 0 bridgehead atoms. The van der Waals surface area contributed by atoms with Gasteiger partial charge >= 0.3 is 0 Å². The van der Waals surface area contributed by atoms with Gasteiger partial charge in [-0.3, -0.25) is 9.10 Å². The zero-order valence-electron chi connectivity index (χ0n) is 19.6. The van der Waals surface area contributed by atoms with Crippen molar-refractivity contribution >= 4 is 27.3 Å². The number of hydrogen-bond donors (Lipinski definition) is 1. The number of hydrogen-bond acceptors (Lipinski definition) is 6. The molecule has 0 radical (unpaired) electrons. The fraction of sp³-hybridized carbons (Fsp3) is 0.240. The van der Waals surface area contributed by atoms with Crippen molar-refractivity contribution in [2.45, 2.75) is 18.7 Å². The van der Waals surface area contributed by atoms with Crippen LogP contribution in [0.2, 0.25) is 0 Å². The minimum absolute atomic E-state index is 0.0711. The van der Waals surface area contributed by atoms with Crippen molar-refractivity contribution in [3.8, 4) is 17.2 Å². The van der Waals surface area contributed by atoms with E-state index in [1.54, 1.807) is 48.5 Å². The third-order valence-corrected chi connectivity index (χ3v) is 6.79. The van der Waals surface area contributed by atoms with Gasteiger partial charge in [0.2, 0.25) is 5.91 Å². The Morgan fingerprint density at radius 1 is 0.912 bits per heavy atom. The second kappa shape index (κ2) is 10.9. The summed E-state index contributed by atoms with van der Waals surface area (Å²) in [5.74, 6) is 0.956. The second-order valence-electron chi connectivity index (χ2n) is 7.37. The molecule has 0 saturated heterocycles. The molecule has 0 unspecified atom stereocenters. The molecule has 3 rings (SSSR count). The molecule has 0 aromatic heterocycles. The molecule has 3 aromatic carbocycles. The lowest BCUT2D eigenvalue weighted by molar-refractivity contribution is -0.114. The molecule has 0 fully saturated rings. The Kier molecular flexibility index (Phi) is 8.01. The van der Waals surface area contributed by atoms with Gasteiger partial charge in [0, 0.05) is 11.8 Å². The van der Waals surface area contributed by atoms with E-state index in [1.807, 2.05) is 13.8 Å². The molecule has 0 aliphatic heterocycles. The highest BCUT2D eigenvalue weighted by Crippen LogP contribution is 2.34. The van der Waals surface area contributed by atoms with Gasteiger partial charge < -0.3 is 19.5 Å². The summed E-state index contributed by atoms with van der Waals surface area (Å²) in [4.78, 5) is 13.0. The quantitative estimate of drug-likeness (QED) is 0.463. The number of nitrogens with zero attached hydrogens (tertiary/aromatic N) is 1. The van der Waals surface area contributed by atoms with Gasteiger partial charge in [0.1, 0.15) is 12.3 Å². The number of methoxy groups -OCH3 is 2. The first-order valence-corrected chi connectivity index (χ1v) is 12.1. The van der Waals surface area contributed by atoms with E-state index >= 15 is 0 Å². The van der Waals surface area contributed by atoms with Crippen molar-refractivity contribution in [3.63, 3.8) is 0 Å². The number of ether oxygens (including phenoxy) is 3. The molecule has 0 spiro atoms. The molecule has 34 heavy (non-hydrogen) atoms. The Bertz CT molecular complexity index is 1230. The Balaban J connectivity index is 1.94. The lowest BCUT2D eigenvalue weighted by Crippen LogP contribution is -2.38. The van der Waals surface area contributed by atoms with E-state index < -0.39 is 22.5 Å². The number of anilines is 2. The van der Waals surface area contributed by atoms with Crippen LogP contribution in [0.1, 0.15) is 12.5 Å². The van der Waals surface area contributed by atoms with Crippen LogP contribution in [0.5, 0.6) is 17.2 Å². The molecular formula is C25H28N2O6S. The predicted octanol–water partition coefficient (Wildman–Crippen LogP) is 4.24. The largest absolute Gasteiger partial charge is 0.494 e. The summed E-state index contributed by atoms with van der Waals surface area (Å²) >= 11 is 0. The highest BCUT2D eigenvalue weighted by Gasteiger charge is 2.28. The standard InChI is InChI=1S/C25H28N2O6S/c1-5-33-21-11-8-19(9-12-21)26-25(28)17-27(20-10-15-23(31-3)24(16-20)32-4)34(29,30)22-13-6-18(2)7-14-22/h6-16H,5,17H2,1-4H3,(H,26,28). The van der Waals surface area contributed by atoms with Gasteiger partial charge in [-0.05, 0) is 62.4 Å². The van der Waals surface area contributed by atoms with Crippen LogP contribution in [-0.2, 0) is 14.8 Å². The SMILES string of the molecule is CCOc1ccc(NC(=O)CN(c2ccc(OC)c(OC)c2)S(=O)(=O)c2ccc(C)cc2)cc1. The minimum atomic E-state index is -4.06. The average molecular weight is 485 g/mol. The number of carbonyl (C=O) groups excluding carboxylic acids is 1. The first-order chi connectivity index (χ1) is 16.3. The van der Waals surface area contributed by atoms with E-state index in [0.717, 1.165) is 9.87 Å². The zero-order valence-corrected chi connectivity index (χ0v) is 20.4. The Morgan fingerprint density at radius 2 is 1.56 bits per heavy atom. The first kappa shape index (κ1) is 24.9. The topological polar surface area (TPSA) is 94.2 Å². The Morgan fingerprint density at radius 3 is 2.15 bits per heavy atom. The zero-order chi connectivity index (χ0) is 24.7. The Labute approximate surface area is 200 Å². The van der Waals surface area contributed by atoms with Crippen molar-refractivity contribution in [2.75, 3.05) is 37.0 Å². The summed E-state index contributed by atoms with van der Waals surface area (Å²) in [5.41, 5.74) is 1.71. The summed E-state index contributed by atoms with van der Waals surface area (Å²) in [6, 6.07) is 18.0. The van der Waals surface area contributed by atoms with Gasteiger partial charge in [-0.2, -0.15) is 0 Å². The maximum atomic E-state index is 13.6. The monoisotopic (exact) mass is 484 g/mol. The van der Waals surface area contributed by atoms with E-state index in [1.165, 1.54) is 32.4 Å². The van der Waals surface area contributed by atoms with Crippen LogP contribution >= 0.6 is 0 Å². The van der Waals surface area contributed by atoms with Gasteiger partial charge in [-0.1, -0.05) is 17.7 Å². The summed E-state index contributed by atoms with van der Waals surface area (Å²) < 4.78 is 44.2. The van der Waals surface area contributed by atoms with Crippen molar-refractivity contribution < 1.29 is 27.4 Å². The normalized spacial score (nSPS) is 10.9. The summed E-state index contributed by atoms with van der Waals surface area (Å²) in [5, 5.41) is 2.74. The molecule has 0 aliphatic rings. The minimum Gasteiger partial charge on any atom is -0.494 e. The summed E-state index contributed by atoms with van der Waals surface area (Å²) in [6.07, 6.45) is 0. The van der Waals surface area contributed by atoms with Gasteiger partial charge in [0.05, 0.1) is 31.4 Å². The van der Waals surface area contributed by atoms with Crippen molar-refractivity contribution in [2.24, 2.45) is 0 Å². The molecule has 180 valence electrons.